The van der Waals surface area contributed by atoms with Crippen LogP contribution in [0.15, 0.2) is 30.3 Å². The molecule has 0 bridgehead atoms. The van der Waals surface area contributed by atoms with Crippen LogP contribution in [0.4, 0.5) is 13.2 Å². The molecule has 0 atom stereocenters. The molecule has 0 saturated heterocycles. The number of halogens is 3. The first-order valence-electron chi connectivity index (χ1n) is 10.4. The largest absolute Gasteiger partial charge is 0.454 e. The highest BCUT2D eigenvalue weighted by atomic mass is 19.4. The van der Waals surface area contributed by atoms with E-state index in [-0.39, 0.29) is 29.2 Å². The first-order valence-corrected chi connectivity index (χ1v) is 10.4. The summed E-state index contributed by atoms with van der Waals surface area (Å²) >= 11 is 0. The van der Waals surface area contributed by atoms with Crippen molar-refractivity contribution >= 4 is 11.6 Å². The van der Waals surface area contributed by atoms with Crippen LogP contribution in [0.3, 0.4) is 0 Å². The zero-order valence-electron chi connectivity index (χ0n) is 19.0. The molecular formula is C23H25F3N4O3. The lowest BCUT2D eigenvalue weighted by atomic mass is 9.82. The predicted molar refractivity (Wildman–Crippen MR) is 115 cm³/mol. The van der Waals surface area contributed by atoms with Gasteiger partial charge in [0.2, 0.25) is 6.79 Å². The van der Waals surface area contributed by atoms with Crippen molar-refractivity contribution in [2.45, 2.75) is 52.8 Å². The van der Waals surface area contributed by atoms with E-state index in [0.29, 0.717) is 28.0 Å². The number of fused-ring (bicyclic) bond motifs is 2. The Bertz CT molecular complexity index is 1230. The number of aromatic nitrogens is 3. The van der Waals surface area contributed by atoms with E-state index in [1.807, 2.05) is 34.6 Å². The van der Waals surface area contributed by atoms with E-state index < -0.39 is 23.3 Å². The van der Waals surface area contributed by atoms with Gasteiger partial charge in [0.25, 0.3) is 5.91 Å². The monoisotopic (exact) mass is 462 g/mol. The number of hydrogen-bond acceptors (Lipinski definition) is 5. The normalized spacial score (nSPS) is 14.1. The van der Waals surface area contributed by atoms with Gasteiger partial charge in [0.15, 0.2) is 28.5 Å². The molecule has 0 radical (unpaired) electrons. The van der Waals surface area contributed by atoms with E-state index in [2.05, 4.69) is 15.4 Å². The van der Waals surface area contributed by atoms with Crippen molar-refractivity contribution < 1.29 is 27.4 Å². The Kier molecular flexibility index (Phi) is 5.29. The molecule has 3 heterocycles. The van der Waals surface area contributed by atoms with Crippen LogP contribution >= 0.6 is 0 Å². The minimum atomic E-state index is -4.71. The van der Waals surface area contributed by atoms with Crippen LogP contribution in [0.5, 0.6) is 11.5 Å². The van der Waals surface area contributed by atoms with Gasteiger partial charge in [-0.05, 0) is 49.9 Å². The maximum absolute atomic E-state index is 13.9. The number of carbonyl (C=O) groups is 1. The van der Waals surface area contributed by atoms with Gasteiger partial charge >= 0.3 is 6.18 Å². The number of amides is 1. The van der Waals surface area contributed by atoms with Crippen LogP contribution in [-0.4, -0.2) is 32.8 Å². The SMILES string of the molecule is CC(C)(C)CC(C)(C)NC(=O)c1cc2nc(-c3ccc4c(c3)OCO4)cc(C(F)(F)F)n2n1. The van der Waals surface area contributed by atoms with Gasteiger partial charge < -0.3 is 14.8 Å². The number of alkyl halides is 3. The molecule has 176 valence electrons. The topological polar surface area (TPSA) is 77.8 Å². The first-order chi connectivity index (χ1) is 15.2. The molecule has 2 aromatic heterocycles. The Balaban J connectivity index is 1.74. The standard InChI is InChI=1S/C23H25F3N4O3/c1-21(2,3)11-22(4,5)28-20(31)15-10-19-27-14(9-18(23(24,25)26)30(19)29-15)13-6-7-16-17(8-13)33-12-32-16/h6-10H,11-12H2,1-5H3,(H,28,31). The fourth-order valence-corrected chi connectivity index (χ4v) is 4.23. The molecule has 7 nitrogen and oxygen atoms in total. The Morgan fingerprint density at radius 2 is 1.76 bits per heavy atom. The second-order valence-electron chi connectivity index (χ2n) is 9.97. The van der Waals surface area contributed by atoms with E-state index >= 15 is 0 Å². The summed E-state index contributed by atoms with van der Waals surface area (Å²) in [6, 6.07) is 6.95. The number of nitrogens with zero attached hydrogens (tertiary/aromatic N) is 3. The molecule has 0 aliphatic carbocycles. The average Bonchev–Trinajstić information content (AvgIpc) is 3.29. The highest BCUT2D eigenvalue weighted by Gasteiger charge is 2.36. The molecule has 1 amide bonds. The molecule has 0 spiro atoms. The maximum Gasteiger partial charge on any atom is 0.433 e. The van der Waals surface area contributed by atoms with Gasteiger partial charge in [0, 0.05) is 17.2 Å². The molecule has 0 unspecified atom stereocenters. The van der Waals surface area contributed by atoms with Crippen LogP contribution in [0, 0.1) is 5.41 Å². The highest BCUT2D eigenvalue weighted by molar-refractivity contribution is 5.93. The molecular weight excluding hydrogens is 437 g/mol. The Hall–Kier alpha value is -3.30. The van der Waals surface area contributed by atoms with Crippen molar-refractivity contribution in [3.8, 4) is 22.8 Å². The summed E-state index contributed by atoms with van der Waals surface area (Å²) in [4.78, 5) is 17.2. The molecule has 1 aliphatic heterocycles. The summed E-state index contributed by atoms with van der Waals surface area (Å²) in [6.07, 6.45) is -4.04. The number of carbonyl (C=O) groups excluding carboxylic acids is 1. The molecule has 1 aromatic carbocycles. The Morgan fingerprint density at radius 1 is 1.06 bits per heavy atom. The number of ether oxygens (including phenoxy) is 2. The van der Waals surface area contributed by atoms with Gasteiger partial charge in [0.1, 0.15) is 0 Å². The molecule has 3 aromatic rings. The van der Waals surface area contributed by atoms with Gasteiger partial charge in [-0.25, -0.2) is 9.50 Å². The van der Waals surface area contributed by atoms with E-state index in [1.54, 1.807) is 18.2 Å². The fraction of sp³-hybridized carbons (Fsp3) is 0.435. The van der Waals surface area contributed by atoms with Crippen LogP contribution < -0.4 is 14.8 Å². The minimum absolute atomic E-state index is 0.0473. The lowest BCUT2D eigenvalue weighted by Crippen LogP contribution is -2.46. The van der Waals surface area contributed by atoms with Crippen molar-refractivity contribution in [1.29, 1.82) is 0 Å². The van der Waals surface area contributed by atoms with Gasteiger partial charge in [-0.3, -0.25) is 4.79 Å². The second kappa shape index (κ2) is 7.64. The second-order valence-corrected chi connectivity index (χ2v) is 9.97. The molecule has 1 N–H and O–H groups in total. The smallest absolute Gasteiger partial charge is 0.433 e. The lowest BCUT2D eigenvalue weighted by Gasteiger charge is -2.33. The lowest BCUT2D eigenvalue weighted by molar-refractivity contribution is -0.142. The zero-order valence-corrected chi connectivity index (χ0v) is 19.0. The van der Waals surface area contributed by atoms with Crippen molar-refractivity contribution in [2.75, 3.05) is 6.79 Å². The highest BCUT2D eigenvalue weighted by Crippen LogP contribution is 2.37. The van der Waals surface area contributed by atoms with Crippen LogP contribution in [0.2, 0.25) is 0 Å². The van der Waals surface area contributed by atoms with E-state index in [0.717, 1.165) is 6.07 Å². The molecule has 0 fully saturated rings. The molecule has 33 heavy (non-hydrogen) atoms. The summed E-state index contributed by atoms with van der Waals surface area (Å²) in [5.41, 5.74) is -1.40. The van der Waals surface area contributed by atoms with E-state index in [4.69, 9.17) is 9.47 Å². The molecule has 4 rings (SSSR count). The van der Waals surface area contributed by atoms with Crippen molar-refractivity contribution in [2.24, 2.45) is 5.41 Å². The summed E-state index contributed by atoms with van der Waals surface area (Å²) in [7, 11) is 0. The molecule has 1 aliphatic rings. The number of benzene rings is 1. The summed E-state index contributed by atoms with van der Waals surface area (Å²) < 4.78 is 52.8. The van der Waals surface area contributed by atoms with Crippen molar-refractivity contribution in [3.63, 3.8) is 0 Å². The third-order valence-electron chi connectivity index (χ3n) is 5.04. The van der Waals surface area contributed by atoms with Crippen molar-refractivity contribution in [1.82, 2.24) is 19.9 Å². The van der Waals surface area contributed by atoms with Crippen LogP contribution in [0.1, 0.15) is 57.2 Å². The first kappa shape index (κ1) is 22.9. The van der Waals surface area contributed by atoms with Gasteiger partial charge in [-0.1, -0.05) is 20.8 Å². The Morgan fingerprint density at radius 3 is 2.42 bits per heavy atom. The van der Waals surface area contributed by atoms with Crippen molar-refractivity contribution in [3.05, 3.63) is 41.7 Å². The number of nitrogens with one attached hydrogen (secondary N) is 1. The number of rotatable bonds is 4. The van der Waals surface area contributed by atoms with E-state index in [9.17, 15) is 18.0 Å². The van der Waals surface area contributed by atoms with Gasteiger partial charge in [0.05, 0.1) is 5.69 Å². The van der Waals surface area contributed by atoms with E-state index in [1.165, 1.54) is 6.07 Å². The summed E-state index contributed by atoms with van der Waals surface area (Å²) in [5.74, 6) is 0.377. The predicted octanol–water partition coefficient (Wildman–Crippen LogP) is 5.09. The Labute approximate surface area is 188 Å². The number of hydrogen-bond donors (Lipinski definition) is 1. The molecule has 10 heteroatoms. The molecule has 0 saturated carbocycles. The fourth-order valence-electron chi connectivity index (χ4n) is 4.23. The van der Waals surface area contributed by atoms with Crippen LogP contribution in [-0.2, 0) is 6.18 Å². The third kappa shape index (κ3) is 4.89. The summed E-state index contributed by atoms with van der Waals surface area (Å²) in [6.45, 7) is 9.91. The third-order valence-corrected chi connectivity index (χ3v) is 5.04. The summed E-state index contributed by atoms with van der Waals surface area (Å²) in [5, 5.41) is 6.80. The average molecular weight is 462 g/mol. The van der Waals surface area contributed by atoms with Gasteiger partial charge in [-0.15, -0.1) is 0 Å². The maximum atomic E-state index is 13.9. The van der Waals surface area contributed by atoms with Crippen LogP contribution in [0.25, 0.3) is 16.9 Å². The zero-order chi connectivity index (χ0) is 24.2. The quantitative estimate of drug-likeness (QED) is 0.585. The minimum Gasteiger partial charge on any atom is -0.454 e. The van der Waals surface area contributed by atoms with Gasteiger partial charge in [-0.2, -0.15) is 18.3 Å².